The molecule has 0 saturated heterocycles. The second kappa shape index (κ2) is 7.22. The fourth-order valence-corrected chi connectivity index (χ4v) is 5.99. The zero-order chi connectivity index (χ0) is 18.9. The van der Waals surface area contributed by atoms with E-state index >= 15 is 0 Å². The smallest absolute Gasteiger partial charge is 0.311 e. The van der Waals surface area contributed by atoms with Crippen molar-refractivity contribution < 1.29 is 19.1 Å². The molecule has 0 bridgehead atoms. The van der Waals surface area contributed by atoms with Gasteiger partial charge >= 0.3 is 5.97 Å². The molecule has 0 aromatic carbocycles. The predicted octanol–water partition coefficient (Wildman–Crippen LogP) is 4.66. The molecule has 4 heteroatoms. The third kappa shape index (κ3) is 3.02. The van der Waals surface area contributed by atoms with E-state index in [2.05, 4.69) is 20.4 Å². The van der Waals surface area contributed by atoms with Gasteiger partial charge in [0.2, 0.25) is 0 Å². The molecule has 0 amide bonds. The van der Waals surface area contributed by atoms with Gasteiger partial charge in [-0.15, -0.1) is 0 Å². The van der Waals surface area contributed by atoms with Crippen LogP contribution in [-0.4, -0.2) is 18.2 Å². The normalized spacial score (nSPS) is 34.4. The number of esters is 1. The van der Waals surface area contributed by atoms with Gasteiger partial charge in [-0.2, -0.15) is 0 Å². The molecule has 1 aromatic rings. The summed E-state index contributed by atoms with van der Waals surface area (Å²) in [5.41, 5.74) is 2.07. The molecule has 1 aromatic heterocycles. The van der Waals surface area contributed by atoms with Crippen molar-refractivity contribution in [1.82, 2.24) is 0 Å². The highest BCUT2D eigenvalue weighted by Gasteiger charge is 2.57. The first-order chi connectivity index (χ1) is 12.4. The third-order valence-electron chi connectivity index (χ3n) is 7.36. The third-order valence-corrected chi connectivity index (χ3v) is 7.36. The standard InChI is InChI=1S/C22H32O4/c1-15-6-9-19-21(2,11-5-12-22(19,3)20(24)25-4)17(15)8-7-16-10-13-26-18(16)14-23/h10,13,17,19,23H,1,5-9,11-12,14H2,2-4H3/t17-,19+,21+,22+/m0/s1. The lowest BCUT2D eigenvalue weighted by atomic mass is 9.46. The fraction of sp³-hybridized carbons (Fsp3) is 0.682. The Morgan fingerprint density at radius 1 is 1.42 bits per heavy atom. The van der Waals surface area contributed by atoms with Crippen LogP contribution in [0.15, 0.2) is 28.9 Å². The summed E-state index contributed by atoms with van der Waals surface area (Å²) in [6.07, 6.45) is 8.59. The largest absolute Gasteiger partial charge is 0.469 e. The van der Waals surface area contributed by atoms with E-state index < -0.39 is 5.41 Å². The van der Waals surface area contributed by atoms with Crippen LogP contribution in [0.25, 0.3) is 0 Å². The molecule has 0 aliphatic heterocycles. The first-order valence-electron chi connectivity index (χ1n) is 9.79. The quantitative estimate of drug-likeness (QED) is 0.613. The summed E-state index contributed by atoms with van der Waals surface area (Å²) in [6.45, 7) is 8.80. The number of furan rings is 1. The maximum atomic E-state index is 12.6. The minimum Gasteiger partial charge on any atom is -0.469 e. The number of aliphatic hydroxyl groups is 1. The van der Waals surface area contributed by atoms with Crippen LogP contribution in [0.4, 0.5) is 0 Å². The van der Waals surface area contributed by atoms with E-state index in [4.69, 9.17) is 9.15 Å². The van der Waals surface area contributed by atoms with Gasteiger partial charge in [0.05, 0.1) is 18.8 Å². The molecule has 2 aliphatic carbocycles. The number of aliphatic hydroxyl groups excluding tert-OH is 1. The van der Waals surface area contributed by atoms with Crippen LogP contribution in [0, 0.1) is 22.7 Å². The molecule has 2 saturated carbocycles. The Kier molecular flexibility index (Phi) is 5.34. The summed E-state index contributed by atoms with van der Waals surface area (Å²) in [5.74, 6) is 1.31. The Labute approximate surface area is 156 Å². The van der Waals surface area contributed by atoms with Gasteiger partial charge in [0.25, 0.3) is 0 Å². The molecule has 2 aliphatic rings. The van der Waals surface area contributed by atoms with Crippen LogP contribution in [0.1, 0.15) is 63.7 Å². The average Bonchev–Trinajstić information content (AvgIpc) is 3.07. The lowest BCUT2D eigenvalue weighted by Crippen LogP contribution is -2.53. The highest BCUT2D eigenvalue weighted by molar-refractivity contribution is 5.77. The van der Waals surface area contributed by atoms with Crippen molar-refractivity contribution in [3.8, 4) is 0 Å². The van der Waals surface area contributed by atoms with Crippen molar-refractivity contribution in [1.29, 1.82) is 0 Å². The first kappa shape index (κ1) is 19.2. The van der Waals surface area contributed by atoms with E-state index in [1.54, 1.807) is 6.26 Å². The number of hydrogen-bond acceptors (Lipinski definition) is 4. The molecule has 1 heterocycles. The highest BCUT2D eigenvalue weighted by Crippen LogP contribution is 2.62. The number of carbonyl (C=O) groups excluding carboxylic acids is 1. The zero-order valence-corrected chi connectivity index (χ0v) is 16.3. The summed E-state index contributed by atoms with van der Waals surface area (Å²) in [4.78, 5) is 12.6. The number of rotatable bonds is 5. The molecule has 2 fully saturated rings. The summed E-state index contributed by atoms with van der Waals surface area (Å²) in [5, 5.41) is 9.43. The van der Waals surface area contributed by atoms with Gasteiger partial charge in [-0.3, -0.25) is 4.79 Å². The van der Waals surface area contributed by atoms with Crippen LogP contribution >= 0.6 is 0 Å². The molecule has 3 rings (SSSR count). The van der Waals surface area contributed by atoms with E-state index in [0.717, 1.165) is 50.5 Å². The number of fused-ring (bicyclic) bond motifs is 1. The number of carbonyl (C=O) groups is 1. The van der Waals surface area contributed by atoms with Crippen LogP contribution in [-0.2, 0) is 22.6 Å². The van der Waals surface area contributed by atoms with Crippen molar-refractivity contribution >= 4 is 5.97 Å². The monoisotopic (exact) mass is 360 g/mol. The topological polar surface area (TPSA) is 59.7 Å². The van der Waals surface area contributed by atoms with Gasteiger partial charge in [-0.25, -0.2) is 0 Å². The summed E-state index contributed by atoms with van der Waals surface area (Å²) in [6, 6.07) is 1.95. The molecule has 26 heavy (non-hydrogen) atoms. The van der Waals surface area contributed by atoms with E-state index in [1.165, 1.54) is 12.7 Å². The molecule has 144 valence electrons. The van der Waals surface area contributed by atoms with E-state index in [9.17, 15) is 9.90 Å². The van der Waals surface area contributed by atoms with Gasteiger partial charge in [-0.05, 0) is 74.3 Å². The second-order valence-corrected chi connectivity index (χ2v) is 8.64. The van der Waals surface area contributed by atoms with Crippen molar-refractivity contribution in [3.05, 3.63) is 35.8 Å². The number of aryl methyl sites for hydroxylation is 1. The molecule has 4 nitrogen and oxygen atoms in total. The molecule has 0 spiro atoms. The average molecular weight is 360 g/mol. The number of methoxy groups -OCH3 is 1. The minimum atomic E-state index is -0.396. The molecule has 4 atom stereocenters. The van der Waals surface area contributed by atoms with Crippen LogP contribution in [0.3, 0.4) is 0 Å². The predicted molar refractivity (Wildman–Crippen MR) is 100 cm³/mol. The lowest BCUT2D eigenvalue weighted by Gasteiger charge is -2.57. The van der Waals surface area contributed by atoms with Gasteiger partial charge in [0, 0.05) is 0 Å². The molecule has 0 radical (unpaired) electrons. The molecular formula is C22H32O4. The highest BCUT2D eigenvalue weighted by atomic mass is 16.5. The molecule has 1 N–H and O–H groups in total. The van der Waals surface area contributed by atoms with Crippen molar-refractivity contribution in [3.63, 3.8) is 0 Å². The number of hydrogen-bond donors (Lipinski definition) is 1. The Hall–Kier alpha value is -1.55. The maximum Gasteiger partial charge on any atom is 0.311 e. The van der Waals surface area contributed by atoms with E-state index in [-0.39, 0.29) is 18.0 Å². The zero-order valence-electron chi connectivity index (χ0n) is 16.3. The fourth-order valence-electron chi connectivity index (χ4n) is 5.99. The van der Waals surface area contributed by atoms with Gasteiger partial charge < -0.3 is 14.3 Å². The van der Waals surface area contributed by atoms with E-state index in [0.29, 0.717) is 17.6 Å². The lowest BCUT2D eigenvalue weighted by molar-refractivity contribution is -0.168. The molecule has 0 unspecified atom stereocenters. The first-order valence-corrected chi connectivity index (χ1v) is 9.79. The Bertz CT molecular complexity index is 675. The van der Waals surface area contributed by atoms with Crippen molar-refractivity contribution in [2.45, 2.75) is 65.4 Å². The van der Waals surface area contributed by atoms with Crippen LogP contribution < -0.4 is 0 Å². The van der Waals surface area contributed by atoms with Gasteiger partial charge in [0.1, 0.15) is 12.4 Å². The Morgan fingerprint density at radius 3 is 2.88 bits per heavy atom. The minimum absolute atomic E-state index is 0.0583. The van der Waals surface area contributed by atoms with Gasteiger partial charge in [-0.1, -0.05) is 25.5 Å². The van der Waals surface area contributed by atoms with Gasteiger partial charge in [0.15, 0.2) is 0 Å². The summed E-state index contributed by atoms with van der Waals surface area (Å²) in [7, 11) is 1.51. The van der Waals surface area contributed by atoms with Crippen molar-refractivity contribution in [2.24, 2.45) is 22.7 Å². The van der Waals surface area contributed by atoms with Crippen LogP contribution in [0.5, 0.6) is 0 Å². The Morgan fingerprint density at radius 2 is 2.19 bits per heavy atom. The molecular weight excluding hydrogens is 328 g/mol. The van der Waals surface area contributed by atoms with Crippen molar-refractivity contribution in [2.75, 3.05) is 7.11 Å². The number of allylic oxidation sites excluding steroid dienone is 1. The SMILES string of the molecule is C=C1CC[C@@H]2[C@](C)(CCC[C@@]2(C)C(=O)OC)[C@H]1CCc1ccoc1CO. The maximum absolute atomic E-state index is 12.6. The summed E-state index contributed by atoms with van der Waals surface area (Å²) < 4.78 is 10.6. The summed E-state index contributed by atoms with van der Waals surface area (Å²) >= 11 is 0. The van der Waals surface area contributed by atoms with E-state index in [1.807, 2.05) is 6.07 Å². The number of ether oxygens (including phenoxy) is 1. The van der Waals surface area contributed by atoms with Crippen LogP contribution in [0.2, 0.25) is 0 Å². The Balaban J connectivity index is 1.85. The second-order valence-electron chi connectivity index (χ2n) is 8.64.